The molecule has 0 radical (unpaired) electrons. The third-order valence-electron chi connectivity index (χ3n) is 1.61. The van der Waals surface area contributed by atoms with Crippen molar-refractivity contribution in [3.8, 4) is 0 Å². The lowest BCUT2D eigenvalue weighted by atomic mass is 10.3. The van der Waals surface area contributed by atoms with Crippen LogP contribution in [0.2, 0.25) is 0 Å². The zero-order chi connectivity index (χ0) is 9.52. The van der Waals surface area contributed by atoms with Crippen molar-refractivity contribution in [3.05, 3.63) is 0 Å². The van der Waals surface area contributed by atoms with Crippen LogP contribution in [0.1, 0.15) is 12.8 Å². The number of halogens is 1. The summed E-state index contributed by atoms with van der Waals surface area (Å²) < 4.78 is 10.4. The van der Waals surface area contributed by atoms with Gasteiger partial charge in [0.2, 0.25) is 6.29 Å². The fraction of sp³-hybridized carbons (Fsp3) is 0.875. The monoisotopic (exact) mass is 268 g/mol. The molecule has 1 heterocycles. The molecule has 0 aromatic rings. The minimum atomic E-state index is -0.352. The van der Waals surface area contributed by atoms with Gasteiger partial charge in [0, 0.05) is 0 Å². The molecule has 0 bridgehead atoms. The predicted molar refractivity (Wildman–Crippen MR) is 56.2 cm³/mol. The Labute approximate surface area is 90.7 Å². The lowest BCUT2D eigenvalue weighted by Gasteiger charge is -2.19. The second kappa shape index (κ2) is 6.68. The highest BCUT2D eigenvalue weighted by molar-refractivity contribution is 9.09. The smallest absolute Gasteiger partial charge is 0.318 e. The molecular formula is C8H13BrO3S. The Bertz CT molecular complexity index is 157. The Balaban J connectivity index is 2.25. The predicted octanol–water partition coefficient (Wildman–Crippen LogP) is 1.79. The van der Waals surface area contributed by atoms with Crippen molar-refractivity contribution in [1.29, 1.82) is 0 Å². The van der Waals surface area contributed by atoms with E-state index < -0.39 is 0 Å². The van der Waals surface area contributed by atoms with Gasteiger partial charge in [-0.15, -0.1) is 0 Å². The maximum atomic E-state index is 10.9. The van der Waals surface area contributed by atoms with Gasteiger partial charge < -0.3 is 9.47 Å². The van der Waals surface area contributed by atoms with Crippen molar-refractivity contribution >= 4 is 33.7 Å². The second-order valence-electron chi connectivity index (χ2n) is 2.71. The standard InChI is InChI=1S/C8H13BrO3S/c9-5-7(10)12-8-6-13-4-2-1-3-11-8/h8H,1-6H2. The van der Waals surface area contributed by atoms with E-state index in [1.807, 2.05) is 0 Å². The van der Waals surface area contributed by atoms with Crippen LogP contribution < -0.4 is 0 Å². The Morgan fingerprint density at radius 1 is 1.62 bits per heavy atom. The van der Waals surface area contributed by atoms with E-state index in [1.54, 1.807) is 11.8 Å². The van der Waals surface area contributed by atoms with Crippen molar-refractivity contribution in [2.24, 2.45) is 0 Å². The number of carbonyl (C=O) groups excluding carboxylic acids is 1. The number of esters is 1. The van der Waals surface area contributed by atoms with Gasteiger partial charge in [0.05, 0.1) is 12.4 Å². The quantitative estimate of drug-likeness (QED) is 0.565. The van der Waals surface area contributed by atoms with Crippen LogP contribution in [0.25, 0.3) is 0 Å². The van der Waals surface area contributed by atoms with Crippen LogP contribution in [0, 0.1) is 0 Å². The molecular weight excluding hydrogens is 256 g/mol. The number of thioether (sulfide) groups is 1. The van der Waals surface area contributed by atoms with Gasteiger partial charge in [-0.05, 0) is 18.6 Å². The maximum absolute atomic E-state index is 10.9. The van der Waals surface area contributed by atoms with Gasteiger partial charge in [0.1, 0.15) is 5.33 Å². The zero-order valence-corrected chi connectivity index (χ0v) is 9.73. The largest absolute Gasteiger partial charge is 0.434 e. The average Bonchev–Trinajstić information content (AvgIpc) is 2.09. The molecule has 1 atom stereocenters. The summed E-state index contributed by atoms with van der Waals surface area (Å²) in [5.41, 5.74) is 0. The lowest BCUT2D eigenvalue weighted by molar-refractivity contribution is -0.170. The molecule has 1 rings (SSSR count). The SMILES string of the molecule is O=C(CBr)OC1CSCCCCO1. The molecule has 13 heavy (non-hydrogen) atoms. The van der Waals surface area contributed by atoms with Crippen LogP contribution in [-0.2, 0) is 14.3 Å². The van der Waals surface area contributed by atoms with Gasteiger partial charge in [-0.3, -0.25) is 4.79 Å². The molecule has 3 nitrogen and oxygen atoms in total. The van der Waals surface area contributed by atoms with Gasteiger partial charge in [-0.1, -0.05) is 15.9 Å². The molecule has 0 amide bonds. The van der Waals surface area contributed by atoms with Gasteiger partial charge >= 0.3 is 5.97 Å². The van der Waals surface area contributed by atoms with Crippen molar-refractivity contribution in [1.82, 2.24) is 0 Å². The van der Waals surface area contributed by atoms with Crippen molar-refractivity contribution in [2.75, 3.05) is 23.4 Å². The van der Waals surface area contributed by atoms with E-state index in [1.165, 1.54) is 6.42 Å². The highest BCUT2D eigenvalue weighted by Gasteiger charge is 2.15. The Morgan fingerprint density at radius 2 is 2.46 bits per heavy atom. The van der Waals surface area contributed by atoms with Gasteiger partial charge in [-0.2, -0.15) is 11.8 Å². The third-order valence-corrected chi connectivity index (χ3v) is 3.16. The molecule has 0 N–H and O–H groups in total. The maximum Gasteiger partial charge on any atom is 0.318 e. The Hall–Kier alpha value is 0.260. The van der Waals surface area contributed by atoms with E-state index in [0.29, 0.717) is 6.61 Å². The molecule has 0 aliphatic carbocycles. The van der Waals surface area contributed by atoms with Crippen molar-refractivity contribution < 1.29 is 14.3 Å². The zero-order valence-electron chi connectivity index (χ0n) is 7.33. The molecule has 5 heteroatoms. The summed E-state index contributed by atoms with van der Waals surface area (Å²) in [6, 6.07) is 0. The summed E-state index contributed by atoms with van der Waals surface area (Å²) in [5, 5.41) is 0.234. The van der Waals surface area contributed by atoms with E-state index in [2.05, 4.69) is 15.9 Å². The molecule has 1 aliphatic heterocycles. The van der Waals surface area contributed by atoms with E-state index in [4.69, 9.17) is 9.47 Å². The summed E-state index contributed by atoms with van der Waals surface area (Å²) in [7, 11) is 0. The number of alkyl halides is 1. The number of rotatable bonds is 2. The lowest BCUT2D eigenvalue weighted by Crippen LogP contribution is -2.26. The summed E-state index contributed by atoms with van der Waals surface area (Å²) >= 11 is 4.81. The number of hydrogen-bond acceptors (Lipinski definition) is 4. The molecule has 1 aliphatic rings. The van der Waals surface area contributed by atoms with Crippen LogP contribution in [0.15, 0.2) is 0 Å². The topological polar surface area (TPSA) is 35.5 Å². The molecule has 1 fully saturated rings. The van der Waals surface area contributed by atoms with E-state index in [0.717, 1.165) is 17.9 Å². The van der Waals surface area contributed by atoms with Crippen LogP contribution in [-0.4, -0.2) is 35.7 Å². The van der Waals surface area contributed by atoms with Crippen molar-refractivity contribution in [2.45, 2.75) is 19.1 Å². The molecule has 76 valence electrons. The molecule has 0 aromatic carbocycles. The summed E-state index contributed by atoms with van der Waals surface area (Å²) in [6.07, 6.45) is 1.88. The molecule has 0 saturated carbocycles. The molecule has 0 spiro atoms. The number of ether oxygens (including phenoxy) is 2. The second-order valence-corrected chi connectivity index (χ2v) is 4.42. The molecule has 0 aromatic heterocycles. The van der Waals surface area contributed by atoms with Crippen LogP contribution in [0.5, 0.6) is 0 Å². The summed E-state index contributed by atoms with van der Waals surface area (Å²) in [5.74, 6) is 1.62. The summed E-state index contributed by atoms with van der Waals surface area (Å²) in [4.78, 5) is 10.9. The molecule has 1 unspecified atom stereocenters. The van der Waals surface area contributed by atoms with E-state index in [9.17, 15) is 4.79 Å². The first-order valence-corrected chi connectivity index (χ1v) is 6.55. The third kappa shape index (κ3) is 4.88. The first kappa shape index (κ1) is 11.3. The first-order valence-electron chi connectivity index (χ1n) is 4.27. The highest BCUT2D eigenvalue weighted by Crippen LogP contribution is 2.14. The van der Waals surface area contributed by atoms with Gasteiger partial charge in [0.15, 0.2) is 0 Å². The average molecular weight is 269 g/mol. The Kier molecular flexibility index (Phi) is 5.82. The van der Waals surface area contributed by atoms with Crippen molar-refractivity contribution in [3.63, 3.8) is 0 Å². The van der Waals surface area contributed by atoms with Crippen LogP contribution in [0.3, 0.4) is 0 Å². The number of hydrogen-bond donors (Lipinski definition) is 0. The highest BCUT2D eigenvalue weighted by atomic mass is 79.9. The van der Waals surface area contributed by atoms with Gasteiger partial charge in [-0.25, -0.2) is 0 Å². The van der Waals surface area contributed by atoms with Crippen LogP contribution in [0.4, 0.5) is 0 Å². The minimum Gasteiger partial charge on any atom is -0.434 e. The van der Waals surface area contributed by atoms with Gasteiger partial charge in [0.25, 0.3) is 0 Å². The fourth-order valence-electron chi connectivity index (χ4n) is 0.995. The first-order chi connectivity index (χ1) is 6.33. The van der Waals surface area contributed by atoms with E-state index in [-0.39, 0.29) is 17.6 Å². The summed E-state index contributed by atoms with van der Waals surface area (Å²) in [6.45, 7) is 0.695. The Morgan fingerprint density at radius 3 is 3.23 bits per heavy atom. The van der Waals surface area contributed by atoms with E-state index >= 15 is 0 Å². The fourth-order valence-corrected chi connectivity index (χ4v) is 2.06. The normalized spacial score (nSPS) is 24.5. The molecule has 1 saturated heterocycles. The van der Waals surface area contributed by atoms with Crippen LogP contribution >= 0.6 is 27.7 Å². The minimum absolute atomic E-state index is 0.234. The number of carbonyl (C=O) groups is 1.